The Balaban J connectivity index is 3.35. The molecule has 0 radical (unpaired) electrons. The van der Waals surface area contributed by atoms with Crippen LogP contribution in [0, 0.1) is 0 Å². The van der Waals surface area contributed by atoms with Gasteiger partial charge in [-0.1, -0.05) is 19.8 Å². The molecule has 6 heteroatoms. The minimum Gasteiger partial charge on any atom is -0.301 e. The molecule has 0 heterocycles. The van der Waals surface area contributed by atoms with Crippen molar-refractivity contribution in [1.29, 1.82) is 0 Å². The first-order valence-electron chi connectivity index (χ1n) is 5.07. The first-order valence-corrected chi connectivity index (χ1v) is 7.33. The molecular weight excluding hydrogens is 242 g/mol. The monoisotopic (exact) mass is 260 g/mol. The number of halogens is 2. The zero-order chi connectivity index (χ0) is 11.7. The Morgan fingerprint density at radius 3 is 2.40 bits per heavy atom. The van der Waals surface area contributed by atoms with Gasteiger partial charge in [0.15, 0.2) is 0 Å². The van der Waals surface area contributed by atoms with Crippen LogP contribution in [0.15, 0.2) is 0 Å². The third kappa shape index (κ3) is 8.16. The Kier molecular flexibility index (Phi) is 8.65. The van der Waals surface area contributed by atoms with Crippen LogP contribution in [0.4, 0.5) is 8.78 Å². The number of rotatable bonds is 9. The minimum absolute atomic E-state index is 0.316. The maximum absolute atomic E-state index is 12.6. The van der Waals surface area contributed by atoms with E-state index in [1.54, 1.807) is 0 Å². The quantitative estimate of drug-likeness (QED) is 0.509. The Labute approximate surface area is 96.5 Å². The van der Waals surface area contributed by atoms with Gasteiger partial charge in [0.05, 0.1) is 0 Å². The fourth-order valence-electron chi connectivity index (χ4n) is 1.12. The number of hydrogen-bond acceptors (Lipinski definition) is 2. The molecule has 0 aliphatic heterocycles. The lowest BCUT2D eigenvalue weighted by Crippen LogP contribution is -2.22. The van der Waals surface area contributed by atoms with Crippen LogP contribution < -0.4 is 0 Å². The van der Waals surface area contributed by atoms with Crippen molar-refractivity contribution in [3.8, 4) is 0 Å². The number of alkyl halides is 2. The molecule has 0 bridgehead atoms. The second-order valence-corrected chi connectivity index (χ2v) is 5.74. The lowest BCUT2D eigenvalue weighted by molar-refractivity contribution is 0.0771. The maximum Gasteiger partial charge on any atom is 0.345 e. The van der Waals surface area contributed by atoms with Gasteiger partial charge < -0.3 is 4.55 Å². The predicted molar refractivity (Wildman–Crippen MR) is 61.8 cm³/mol. The largest absolute Gasteiger partial charge is 0.345 e. The molecule has 0 saturated heterocycles. The average molecular weight is 260 g/mol. The maximum atomic E-state index is 12.6. The van der Waals surface area contributed by atoms with Crippen molar-refractivity contribution >= 4 is 22.8 Å². The van der Waals surface area contributed by atoms with Gasteiger partial charge in [-0.3, -0.25) is 0 Å². The standard InChI is InChI=1S/C9H18F2O2S2/c1-2-14-8-6-4-3-5-7-9(10,11)15(12)13/h2-8H2,1H3,(H,12,13). The van der Waals surface area contributed by atoms with Crippen molar-refractivity contribution in [3.05, 3.63) is 0 Å². The van der Waals surface area contributed by atoms with Crippen molar-refractivity contribution in [2.75, 3.05) is 11.5 Å². The Morgan fingerprint density at radius 1 is 1.27 bits per heavy atom. The van der Waals surface area contributed by atoms with Gasteiger partial charge in [0.2, 0.25) is 11.1 Å². The van der Waals surface area contributed by atoms with E-state index >= 15 is 0 Å². The molecule has 0 aliphatic rings. The molecule has 92 valence electrons. The van der Waals surface area contributed by atoms with Crippen LogP contribution in [0.2, 0.25) is 0 Å². The summed E-state index contributed by atoms with van der Waals surface area (Å²) in [5.74, 6) is 2.15. The highest BCUT2D eigenvalue weighted by molar-refractivity contribution is 7.99. The summed E-state index contributed by atoms with van der Waals surface area (Å²) >= 11 is -1.18. The molecule has 15 heavy (non-hydrogen) atoms. The van der Waals surface area contributed by atoms with E-state index in [-0.39, 0.29) is 0 Å². The van der Waals surface area contributed by atoms with E-state index in [1.165, 1.54) is 0 Å². The van der Waals surface area contributed by atoms with Crippen LogP contribution in [0.3, 0.4) is 0 Å². The zero-order valence-corrected chi connectivity index (χ0v) is 10.5. The molecule has 0 aromatic carbocycles. The molecular formula is C9H18F2O2S2. The molecule has 0 spiro atoms. The highest BCUT2D eigenvalue weighted by atomic mass is 32.2. The van der Waals surface area contributed by atoms with Gasteiger partial charge >= 0.3 is 5.25 Å². The van der Waals surface area contributed by atoms with E-state index in [2.05, 4.69) is 6.92 Å². The van der Waals surface area contributed by atoms with Gasteiger partial charge in [0.25, 0.3) is 0 Å². The Morgan fingerprint density at radius 2 is 1.87 bits per heavy atom. The van der Waals surface area contributed by atoms with Crippen molar-refractivity contribution in [2.45, 2.75) is 44.3 Å². The van der Waals surface area contributed by atoms with Crippen LogP contribution >= 0.6 is 11.8 Å². The first kappa shape index (κ1) is 15.3. The molecule has 0 amide bonds. The van der Waals surface area contributed by atoms with Gasteiger partial charge in [-0.25, -0.2) is 4.21 Å². The molecule has 1 N–H and O–H groups in total. The van der Waals surface area contributed by atoms with Gasteiger partial charge in [-0.05, 0) is 24.3 Å². The van der Waals surface area contributed by atoms with Crippen molar-refractivity contribution < 1.29 is 17.5 Å². The summed E-state index contributed by atoms with van der Waals surface area (Å²) in [6, 6.07) is 0. The van der Waals surface area contributed by atoms with Crippen LogP contribution in [-0.4, -0.2) is 25.5 Å². The van der Waals surface area contributed by atoms with Gasteiger partial charge in [-0.2, -0.15) is 20.5 Å². The molecule has 0 aliphatic carbocycles. The van der Waals surface area contributed by atoms with Crippen molar-refractivity contribution in [1.82, 2.24) is 0 Å². The zero-order valence-electron chi connectivity index (χ0n) is 8.88. The number of thioether (sulfide) groups is 1. The smallest absolute Gasteiger partial charge is 0.301 e. The van der Waals surface area contributed by atoms with E-state index in [9.17, 15) is 13.0 Å². The van der Waals surface area contributed by atoms with Crippen molar-refractivity contribution in [2.24, 2.45) is 0 Å². The van der Waals surface area contributed by atoms with E-state index in [0.29, 0.717) is 12.8 Å². The Bertz CT molecular complexity index is 189. The summed E-state index contributed by atoms with van der Waals surface area (Å²) in [6.45, 7) is 2.09. The lowest BCUT2D eigenvalue weighted by atomic mass is 10.2. The molecule has 1 atom stereocenters. The molecule has 0 fully saturated rings. The number of unbranched alkanes of at least 4 members (excludes halogenated alkanes) is 3. The molecule has 0 saturated carbocycles. The molecule has 0 rings (SSSR count). The second-order valence-electron chi connectivity index (χ2n) is 3.25. The molecule has 1 unspecified atom stereocenters. The summed E-state index contributed by atoms with van der Waals surface area (Å²) in [5.41, 5.74) is 0. The normalized spacial score (nSPS) is 14.1. The van der Waals surface area contributed by atoms with Crippen LogP contribution in [0.1, 0.15) is 39.0 Å². The van der Waals surface area contributed by atoms with Crippen molar-refractivity contribution in [3.63, 3.8) is 0 Å². The predicted octanol–water partition coefficient (Wildman–Crippen LogP) is 3.50. The van der Waals surface area contributed by atoms with E-state index < -0.39 is 22.8 Å². The fraction of sp³-hybridized carbons (Fsp3) is 1.00. The summed E-state index contributed by atoms with van der Waals surface area (Å²) in [7, 11) is 0. The molecule has 0 aromatic heterocycles. The third-order valence-electron chi connectivity index (χ3n) is 1.97. The Hall–Kier alpha value is 0.320. The summed E-state index contributed by atoms with van der Waals surface area (Å²) in [6.07, 6.45) is 2.48. The van der Waals surface area contributed by atoms with Gasteiger partial charge in [0.1, 0.15) is 0 Å². The average Bonchev–Trinajstić information content (AvgIpc) is 2.16. The fourth-order valence-corrected chi connectivity index (χ4v) is 2.14. The lowest BCUT2D eigenvalue weighted by Gasteiger charge is -2.10. The summed E-state index contributed by atoms with van der Waals surface area (Å²) in [5, 5.41) is -3.43. The van der Waals surface area contributed by atoms with E-state index in [0.717, 1.165) is 24.3 Å². The third-order valence-corrected chi connectivity index (χ3v) is 3.67. The van der Waals surface area contributed by atoms with Crippen LogP contribution in [0.25, 0.3) is 0 Å². The van der Waals surface area contributed by atoms with Crippen LogP contribution in [0.5, 0.6) is 0 Å². The van der Waals surface area contributed by atoms with Gasteiger partial charge in [-0.15, -0.1) is 0 Å². The van der Waals surface area contributed by atoms with Gasteiger partial charge in [0, 0.05) is 6.42 Å². The highest BCUT2D eigenvalue weighted by Gasteiger charge is 2.35. The van der Waals surface area contributed by atoms with E-state index in [4.69, 9.17) is 4.55 Å². The topological polar surface area (TPSA) is 37.3 Å². The molecule has 0 aromatic rings. The van der Waals surface area contributed by atoms with Crippen LogP contribution in [-0.2, 0) is 11.1 Å². The first-order chi connectivity index (χ1) is 7.00. The highest BCUT2D eigenvalue weighted by Crippen LogP contribution is 2.24. The summed E-state index contributed by atoms with van der Waals surface area (Å²) in [4.78, 5) is 0. The molecule has 2 nitrogen and oxygen atoms in total. The number of hydrogen-bond donors (Lipinski definition) is 1. The summed E-state index contributed by atoms with van der Waals surface area (Å²) < 4.78 is 43.7. The SMILES string of the molecule is CCSCCCCCCC(F)(F)S(=O)O. The minimum atomic E-state index is -3.43. The van der Waals surface area contributed by atoms with E-state index in [1.807, 2.05) is 11.8 Å². The second kappa shape index (κ2) is 8.47.